The average molecular weight is 317 g/mol. The van der Waals surface area contributed by atoms with E-state index in [1.165, 1.54) is 12.1 Å². The lowest BCUT2D eigenvalue weighted by Gasteiger charge is -2.32. The number of benzene rings is 1. The van der Waals surface area contributed by atoms with Gasteiger partial charge < -0.3 is 5.73 Å². The van der Waals surface area contributed by atoms with Gasteiger partial charge in [0.05, 0.1) is 5.02 Å². The molecule has 1 fully saturated rings. The van der Waals surface area contributed by atoms with E-state index in [2.05, 4.69) is 18.6 Å². The molecular formula is C14H21ClN2O2S. The van der Waals surface area contributed by atoms with Gasteiger partial charge in [-0.1, -0.05) is 25.4 Å². The van der Waals surface area contributed by atoms with Gasteiger partial charge in [-0.3, -0.25) is 0 Å². The Morgan fingerprint density at radius 2 is 1.95 bits per heavy atom. The molecule has 1 aromatic carbocycles. The maximum atomic E-state index is 12.4. The van der Waals surface area contributed by atoms with Crippen LogP contribution in [-0.2, 0) is 10.0 Å². The van der Waals surface area contributed by atoms with Crippen LogP contribution >= 0.6 is 11.6 Å². The summed E-state index contributed by atoms with van der Waals surface area (Å²) < 4.78 is 27.6. The highest BCUT2D eigenvalue weighted by molar-refractivity contribution is 7.89. The summed E-state index contributed by atoms with van der Waals surface area (Å²) in [6.07, 6.45) is 2.77. The molecule has 0 amide bonds. The van der Waals surface area contributed by atoms with Crippen LogP contribution in [0.5, 0.6) is 0 Å². The van der Waals surface area contributed by atoms with Crippen molar-refractivity contribution < 1.29 is 8.42 Å². The lowest BCUT2D eigenvalue weighted by molar-refractivity contribution is 0.242. The first kappa shape index (κ1) is 15.6. The third kappa shape index (κ3) is 3.45. The fourth-order valence-corrected chi connectivity index (χ4v) is 4.48. The molecule has 0 saturated heterocycles. The summed E-state index contributed by atoms with van der Waals surface area (Å²) in [6.45, 7) is 4.38. The number of sulfonamides is 1. The van der Waals surface area contributed by atoms with Crippen LogP contribution < -0.4 is 10.5 Å². The van der Waals surface area contributed by atoms with Crippen LogP contribution in [0, 0.1) is 11.8 Å². The minimum Gasteiger partial charge on any atom is -0.399 e. The number of hydrogen-bond donors (Lipinski definition) is 2. The molecule has 3 unspecified atom stereocenters. The third-order valence-corrected chi connectivity index (χ3v) is 6.17. The fourth-order valence-electron chi connectivity index (χ4n) is 2.66. The Hall–Kier alpha value is -0.780. The van der Waals surface area contributed by atoms with Gasteiger partial charge in [0, 0.05) is 11.7 Å². The molecule has 4 nitrogen and oxygen atoms in total. The van der Waals surface area contributed by atoms with Crippen LogP contribution in [-0.4, -0.2) is 14.5 Å². The Morgan fingerprint density at radius 1 is 1.25 bits per heavy atom. The van der Waals surface area contributed by atoms with Crippen LogP contribution in [0.4, 0.5) is 5.69 Å². The quantitative estimate of drug-likeness (QED) is 0.842. The number of rotatable bonds is 3. The number of nitrogens with two attached hydrogens (primary N) is 1. The van der Waals surface area contributed by atoms with Crippen molar-refractivity contribution >= 4 is 27.3 Å². The first-order valence-corrected chi connectivity index (χ1v) is 8.73. The van der Waals surface area contributed by atoms with Gasteiger partial charge in [-0.15, -0.1) is 0 Å². The van der Waals surface area contributed by atoms with E-state index >= 15 is 0 Å². The van der Waals surface area contributed by atoms with Gasteiger partial charge in [0.15, 0.2) is 0 Å². The summed E-state index contributed by atoms with van der Waals surface area (Å²) in [7, 11) is -3.62. The molecule has 112 valence electrons. The normalized spacial score (nSPS) is 27.4. The van der Waals surface area contributed by atoms with Gasteiger partial charge in [0.2, 0.25) is 10.0 Å². The first-order chi connectivity index (χ1) is 9.29. The lowest BCUT2D eigenvalue weighted by Crippen LogP contribution is -2.39. The Morgan fingerprint density at radius 3 is 2.60 bits per heavy atom. The molecule has 6 heteroatoms. The highest BCUT2D eigenvalue weighted by atomic mass is 35.5. The molecule has 0 bridgehead atoms. The highest BCUT2D eigenvalue weighted by Gasteiger charge is 2.29. The molecule has 0 heterocycles. The molecule has 0 spiro atoms. The van der Waals surface area contributed by atoms with E-state index in [-0.39, 0.29) is 16.0 Å². The van der Waals surface area contributed by atoms with E-state index in [4.69, 9.17) is 17.3 Å². The largest absolute Gasteiger partial charge is 0.399 e. The molecule has 0 aromatic heterocycles. The van der Waals surface area contributed by atoms with Gasteiger partial charge in [-0.05, 0) is 49.3 Å². The van der Waals surface area contributed by atoms with Crippen LogP contribution in [0.15, 0.2) is 23.1 Å². The summed E-state index contributed by atoms with van der Waals surface area (Å²) in [5, 5.41) is 0.198. The number of anilines is 1. The number of hydrogen-bond acceptors (Lipinski definition) is 3. The predicted octanol–water partition coefficient (Wildman–Crippen LogP) is 3.03. The van der Waals surface area contributed by atoms with Gasteiger partial charge >= 0.3 is 0 Å². The molecule has 3 N–H and O–H groups in total. The zero-order valence-corrected chi connectivity index (χ0v) is 13.3. The van der Waals surface area contributed by atoms with Crippen molar-refractivity contribution in [3.8, 4) is 0 Å². The minimum atomic E-state index is -3.62. The maximum Gasteiger partial charge on any atom is 0.242 e. The SMILES string of the molecule is CC1CCC(NS(=O)(=O)c2cc(N)ccc2Cl)CC1C. The topological polar surface area (TPSA) is 72.2 Å². The van der Waals surface area contributed by atoms with Gasteiger partial charge in [-0.25, -0.2) is 13.1 Å². The summed E-state index contributed by atoms with van der Waals surface area (Å²) in [5.41, 5.74) is 6.04. The predicted molar refractivity (Wildman–Crippen MR) is 82.2 cm³/mol. The van der Waals surface area contributed by atoms with E-state index in [1.54, 1.807) is 6.07 Å². The first-order valence-electron chi connectivity index (χ1n) is 6.87. The van der Waals surface area contributed by atoms with E-state index in [1.807, 2.05) is 0 Å². The second-order valence-corrected chi connectivity index (χ2v) is 7.87. The Balaban J connectivity index is 2.17. The lowest BCUT2D eigenvalue weighted by atomic mass is 9.79. The van der Waals surface area contributed by atoms with Gasteiger partial charge in [0.25, 0.3) is 0 Å². The third-order valence-electron chi connectivity index (χ3n) is 4.16. The average Bonchev–Trinajstić information content (AvgIpc) is 2.36. The van der Waals surface area contributed by atoms with Crippen molar-refractivity contribution in [3.63, 3.8) is 0 Å². The van der Waals surface area contributed by atoms with Crippen molar-refractivity contribution in [2.45, 2.75) is 44.0 Å². The maximum absolute atomic E-state index is 12.4. The minimum absolute atomic E-state index is 0.0244. The molecule has 20 heavy (non-hydrogen) atoms. The summed E-state index contributed by atoms with van der Waals surface area (Å²) in [4.78, 5) is 0.0606. The van der Waals surface area contributed by atoms with Crippen LogP contribution in [0.25, 0.3) is 0 Å². The number of nitrogen functional groups attached to an aromatic ring is 1. The zero-order chi connectivity index (χ0) is 14.9. The molecule has 3 atom stereocenters. The summed E-state index contributed by atoms with van der Waals surface area (Å²) in [6, 6.07) is 4.48. The molecular weight excluding hydrogens is 296 g/mol. The van der Waals surface area contributed by atoms with E-state index in [0.29, 0.717) is 17.5 Å². The van der Waals surface area contributed by atoms with E-state index < -0.39 is 10.0 Å². The van der Waals surface area contributed by atoms with E-state index in [0.717, 1.165) is 19.3 Å². The Labute approximate surface area is 125 Å². The van der Waals surface area contributed by atoms with Crippen LogP contribution in [0.3, 0.4) is 0 Å². The standard InChI is InChI=1S/C14H21ClN2O2S/c1-9-3-5-12(7-10(9)2)17-20(18,19)14-8-11(16)4-6-13(14)15/h4,6,8-10,12,17H,3,5,7,16H2,1-2H3. The summed E-state index contributed by atoms with van der Waals surface area (Å²) >= 11 is 5.98. The smallest absolute Gasteiger partial charge is 0.242 e. The Bertz CT molecular complexity index is 589. The number of nitrogens with one attached hydrogen (secondary N) is 1. The zero-order valence-electron chi connectivity index (χ0n) is 11.8. The number of halogens is 1. The van der Waals surface area contributed by atoms with Crippen molar-refractivity contribution in [3.05, 3.63) is 23.2 Å². The van der Waals surface area contributed by atoms with Crippen molar-refractivity contribution in [1.82, 2.24) is 4.72 Å². The highest BCUT2D eigenvalue weighted by Crippen LogP contribution is 2.31. The van der Waals surface area contributed by atoms with Crippen LogP contribution in [0.1, 0.15) is 33.1 Å². The van der Waals surface area contributed by atoms with Crippen molar-refractivity contribution in [1.29, 1.82) is 0 Å². The molecule has 1 aliphatic rings. The van der Waals surface area contributed by atoms with Crippen molar-refractivity contribution in [2.24, 2.45) is 11.8 Å². The molecule has 0 aliphatic heterocycles. The second kappa shape index (κ2) is 5.92. The summed E-state index contributed by atoms with van der Waals surface area (Å²) in [5.74, 6) is 1.17. The van der Waals surface area contributed by atoms with Gasteiger partial charge in [0.1, 0.15) is 4.90 Å². The molecule has 1 aliphatic carbocycles. The molecule has 1 saturated carbocycles. The van der Waals surface area contributed by atoms with E-state index in [9.17, 15) is 8.42 Å². The van der Waals surface area contributed by atoms with Crippen molar-refractivity contribution in [2.75, 3.05) is 5.73 Å². The van der Waals surface area contributed by atoms with Crippen LogP contribution in [0.2, 0.25) is 5.02 Å². The fraction of sp³-hybridized carbons (Fsp3) is 0.571. The Kier molecular flexibility index (Phi) is 4.62. The molecule has 1 aromatic rings. The molecule has 0 radical (unpaired) electrons. The monoisotopic (exact) mass is 316 g/mol. The van der Waals surface area contributed by atoms with Gasteiger partial charge in [-0.2, -0.15) is 0 Å². The second-order valence-electron chi connectivity index (χ2n) is 5.78. The molecule has 2 rings (SSSR count).